The summed E-state index contributed by atoms with van der Waals surface area (Å²) in [6, 6.07) is 12.4. The van der Waals surface area contributed by atoms with Crippen LogP contribution in [0.3, 0.4) is 0 Å². The molecule has 0 aliphatic heterocycles. The minimum atomic E-state index is -1.05. The number of carbonyl (C=O) groups excluding carboxylic acids is 4. The molecule has 8 nitrogen and oxygen atoms in total. The van der Waals surface area contributed by atoms with Gasteiger partial charge in [0.05, 0.1) is 0 Å². The number of nitrogens with one attached hydrogen (secondary N) is 1. The van der Waals surface area contributed by atoms with Crippen LogP contribution in [0.15, 0.2) is 48.5 Å². The molecular weight excluding hydrogens is 376 g/mol. The highest BCUT2D eigenvalue weighted by molar-refractivity contribution is 5.97. The summed E-state index contributed by atoms with van der Waals surface area (Å²) in [4.78, 5) is 46.6. The van der Waals surface area contributed by atoms with Crippen molar-refractivity contribution in [2.45, 2.75) is 26.4 Å². The summed E-state index contributed by atoms with van der Waals surface area (Å²) in [6.45, 7) is 2.82. The van der Waals surface area contributed by atoms with Crippen LogP contribution in [0.4, 0.5) is 5.69 Å². The summed E-state index contributed by atoms with van der Waals surface area (Å²) in [5, 5.41) is 2.57. The lowest BCUT2D eigenvalue weighted by molar-refractivity contribution is -0.155. The van der Waals surface area contributed by atoms with Gasteiger partial charge in [0.15, 0.2) is 18.5 Å². The molecule has 0 spiro atoms. The van der Waals surface area contributed by atoms with E-state index in [9.17, 15) is 19.2 Å². The van der Waals surface area contributed by atoms with Crippen LogP contribution in [-0.2, 0) is 14.3 Å². The summed E-state index contributed by atoms with van der Waals surface area (Å²) in [5.41, 5.74) is 6.46. The average molecular weight is 398 g/mol. The van der Waals surface area contributed by atoms with Gasteiger partial charge in [0.25, 0.3) is 5.91 Å². The molecule has 152 valence electrons. The third-order valence-electron chi connectivity index (χ3n) is 3.97. The molecule has 0 aliphatic rings. The zero-order chi connectivity index (χ0) is 21.4. The van der Waals surface area contributed by atoms with Gasteiger partial charge < -0.3 is 20.5 Å². The Kier molecular flexibility index (Phi) is 7.47. The number of ketones is 1. The number of benzene rings is 2. The van der Waals surface area contributed by atoms with Crippen LogP contribution in [0.2, 0.25) is 0 Å². The van der Waals surface area contributed by atoms with Crippen LogP contribution in [0.25, 0.3) is 0 Å². The number of esters is 1. The van der Waals surface area contributed by atoms with Gasteiger partial charge in [0.2, 0.25) is 5.91 Å². The Morgan fingerprint density at radius 2 is 1.55 bits per heavy atom. The van der Waals surface area contributed by atoms with E-state index in [0.717, 1.165) is 0 Å². The van der Waals surface area contributed by atoms with Gasteiger partial charge in [-0.1, -0.05) is 6.92 Å². The van der Waals surface area contributed by atoms with Gasteiger partial charge in [-0.15, -0.1) is 0 Å². The Labute approximate surface area is 168 Å². The standard InChI is InChI=1S/C21H22N2O6/c1-3-18(24)14-6-10-17(11-7-14)28-12-19(25)29-13(2)21(27)23-16-8-4-15(5-9-16)20(22)26/h4-11,13H,3,12H2,1-2H3,(H2,22,26)(H,23,27)/t13-/m1/s1. The Bertz CT molecular complexity index is 890. The monoisotopic (exact) mass is 398 g/mol. The van der Waals surface area contributed by atoms with E-state index in [1.807, 2.05) is 0 Å². The maximum absolute atomic E-state index is 12.1. The van der Waals surface area contributed by atoms with Crippen molar-refractivity contribution in [3.8, 4) is 5.75 Å². The molecule has 2 amide bonds. The predicted molar refractivity (Wildman–Crippen MR) is 106 cm³/mol. The van der Waals surface area contributed by atoms with Crippen molar-refractivity contribution in [3.05, 3.63) is 59.7 Å². The number of anilines is 1. The molecule has 0 radical (unpaired) electrons. The van der Waals surface area contributed by atoms with Gasteiger partial charge in [-0.05, 0) is 55.5 Å². The van der Waals surface area contributed by atoms with E-state index in [-0.39, 0.29) is 12.4 Å². The lowest BCUT2D eigenvalue weighted by Crippen LogP contribution is -2.31. The van der Waals surface area contributed by atoms with E-state index < -0.39 is 23.9 Å². The number of nitrogens with two attached hydrogens (primary N) is 1. The first-order chi connectivity index (χ1) is 13.8. The molecule has 29 heavy (non-hydrogen) atoms. The molecule has 2 rings (SSSR count). The molecule has 0 unspecified atom stereocenters. The normalized spacial score (nSPS) is 11.2. The van der Waals surface area contributed by atoms with Crippen LogP contribution >= 0.6 is 0 Å². The molecular formula is C21H22N2O6. The third kappa shape index (κ3) is 6.46. The minimum absolute atomic E-state index is 0.0139. The van der Waals surface area contributed by atoms with Crippen LogP contribution in [0, 0.1) is 0 Å². The van der Waals surface area contributed by atoms with E-state index in [1.165, 1.54) is 31.2 Å². The molecule has 2 aromatic rings. The molecule has 0 bridgehead atoms. The second-order valence-corrected chi connectivity index (χ2v) is 6.15. The van der Waals surface area contributed by atoms with Gasteiger partial charge in [0.1, 0.15) is 5.75 Å². The smallest absolute Gasteiger partial charge is 0.344 e. The van der Waals surface area contributed by atoms with E-state index in [1.54, 1.807) is 31.2 Å². The maximum atomic E-state index is 12.1. The highest BCUT2D eigenvalue weighted by atomic mass is 16.6. The van der Waals surface area contributed by atoms with E-state index in [2.05, 4.69) is 5.32 Å². The first-order valence-corrected chi connectivity index (χ1v) is 8.96. The molecule has 2 aromatic carbocycles. The van der Waals surface area contributed by atoms with Crippen molar-refractivity contribution in [2.75, 3.05) is 11.9 Å². The second kappa shape index (κ2) is 10.0. The van der Waals surface area contributed by atoms with E-state index in [4.69, 9.17) is 15.2 Å². The number of rotatable bonds is 9. The summed E-state index contributed by atoms with van der Waals surface area (Å²) in [7, 11) is 0. The highest BCUT2D eigenvalue weighted by Gasteiger charge is 2.18. The number of hydrogen-bond donors (Lipinski definition) is 2. The van der Waals surface area contributed by atoms with Crippen LogP contribution < -0.4 is 15.8 Å². The van der Waals surface area contributed by atoms with Gasteiger partial charge in [-0.3, -0.25) is 14.4 Å². The van der Waals surface area contributed by atoms with Crippen LogP contribution in [0.1, 0.15) is 41.0 Å². The first kappa shape index (κ1) is 21.6. The molecule has 0 heterocycles. The Morgan fingerprint density at radius 3 is 2.10 bits per heavy atom. The van der Waals surface area contributed by atoms with Crippen molar-refractivity contribution >= 4 is 29.3 Å². The summed E-state index contributed by atoms with van der Waals surface area (Å²) < 4.78 is 10.4. The summed E-state index contributed by atoms with van der Waals surface area (Å²) in [6.07, 6.45) is -0.645. The van der Waals surface area contributed by atoms with Crippen molar-refractivity contribution in [3.63, 3.8) is 0 Å². The fourth-order valence-corrected chi connectivity index (χ4v) is 2.33. The fraction of sp³-hybridized carbons (Fsp3) is 0.238. The highest BCUT2D eigenvalue weighted by Crippen LogP contribution is 2.14. The quantitative estimate of drug-likeness (QED) is 0.493. The average Bonchev–Trinajstić information content (AvgIpc) is 2.72. The number of amides is 2. The van der Waals surface area contributed by atoms with Crippen molar-refractivity contribution < 1.29 is 28.7 Å². The molecule has 0 fully saturated rings. The molecule has 0 aliphatic carbocycles. The van der Waals surface area contributed by atoms with Crippen LogP contribution in [0.5, 0.6) is 5.75 Å². The predicted octanol–water partition coefficient (Wildman–Crippen LogP) is 2.33. The Morgan fingerprint density at radius 1 is 0.966 bits per heavy atom. The largest absolute Gasteiger partial charge is 0.482 e. The van der Waals surface area contributed by atoms with E-state index >= 15 is 0 Å². The third-order valence-corrected chi connectivity index (χ3v) is 3.97. The molecule has 1 atom stereocenters. The second-order valence-electron chi connectivity index (χ2n) is 6.15. The fourth-order valence-electron chi connectivity index (χ4n) is 2.33. The Hall–Kier alpha value is -3.68. The molecule has 0 saturated heterocycles. The van der Waals surface area contributed by atoms with Crippen molar-refractivity contribution in [2.24, 2.45) is 5.73 Å². The molecule has 0 saturated carbocycles. The summed E-state index contributed by atoms with van der Waals surface area (Å²) >= 11 is 0. The first-order valence-electron chi connectivity index (χ1n) is 8.96. The number of primary amides is 1. The zero-order valence-corrected chi connectivity index (χ0v) is 16.1. The van der Waals surface area contributed by atoms with Gasteiger partial charge in [0, 0.05) is 23.2 Å². The van der Waals surface area contributed by atoms with Gasteiger partial charge in [-0.25, -0.2) is 4.79 Å². The van der Waals surface area contributed by atoms with Crippen molar-refractivity contribution in [1.82, 2.24) is 0 Å². The molecule has 3 N–H and O–H groups in total. The number of Topliss-reactive ketones (excluding diaryl/α,β-unsaturated/α-hetero) is 1. The lowest BCUT2D eigenvalue weighted by Gasteiger charge is -2.14. The van der Waals surface area contributed by atoms with E-state index in [0.29, 0.717) is 29.0 Å². The van der Waals surface area contributed by atoms with Gasteiger partial charge >= 0.3 is 5.97 Å². The minimum Gasteiger partial charge on any atom is -0.482 e. The Balaban J connectivity index is 1.81. The summed E-state index contributed by atoms with van der Waals surface area (Å²) in [5.74, 6) is -1.41. The maximum Gasteiger partial charge on any atom is 0.344 e. The topological polar surface area (TPSA) is 125 Å². The lowest BCUT2D eigenvalue weighted by atomic mass is 10.1. The van der Waals surface area contributed by atoms with Gasteiger partial charge in [-0.2, -0.15) is 0 Å². The number of hydrogen-bond acceptors (Lipinski definition) is 6. The van der Waals surface area contributed by atoms with Crippen molar-refractivity contribution in [1.29, 1.82) is 0 Å². The number of carbonyl (C=O) groups is 4. The number of ether oxygens (including phenoxy) is 2. The SMILES string of the molecule is CCC(=O)c1ccc(OCC(=O)O[C@H](C)C(=O)Nc2ccc(C(N)=O)cc2)cc1. The molecule has 8 heteroatoms. The van der Waals surface area contributed by atoms with Crippen LogP contribution in [-0.4, -0.2) is 36.3 Å². The molecule has 0 aromatic heterocycles. The zero-order valence-electron chi connectivity index (χ0n) is 16.1.